The van der Waals surface area contributed by atoms with E-state index in [4.69, 9.17) is 10.5 Å². The molecule has 1 atom stereocenters. The van der Waals surface area contributed by atoms with Crippen molar-refractivity contribution >= 4 is 5.97 Å². The van der Waals surface area contributed by atoms with Gasteiger partial charge in [0.05, 0.1) is 7.11 Å². The third-order valence-corrected chi connectivity index (χ3v) is 2.09. The number of ether oxygens (including phenoxy) is 2. The zero-order valence-electron chi connectivity index (χ0n) is 9.20. The number of carbonyl (C=O) groups is 1. The van der Waals surface area contributed by atoms with Crippen LogP contribution in [0.4, 0.5) is 4.39 Å². The van der Waals surface area contributed by atoms with Gasteiger partial charge >= 0.3 is 5.97 Å². The Bertz CT molecular complexity index is 381. The molecule has 0 unspecified atom stereocenters. The van der Waals surface area contributed by atoms with Gasteiger partial charge in [-0.05, 0) is 13.0 Å². The minimum absolute atomic E-state index is 0.124. The Labute approximate surface area is 93.2 Å². The molecule has 1 aromatic rings. The van der Waals surface area contributed by atoms with Crippen LogP contribution in [0.5, 0.6) is 5.75 Å². The van der Waals surface area contributed by atoms with Gasteiger partial charge in [0.25, 0.3) is 0 Å². The van der Waals surface area contributed by atoms with Crippen LogP contribution in [0.3, 0.4) is 0 Å². The van der Waals surface area contributed by atoms with E-state index in [1.165, 1.54) is 26.2 Å². The molecule has 16 heavy (non-hydrogen) atoms. The van der Waals surface area contributed by atoms with Crippen molar-refractivity contribution in [1.29, 1.82) is 0 Å². The Balaban J connectivity index is 2.75. The van der Waals surface area contributed by atoms with Crippen molar-refractivity contribution < 1.29 is 18.7 Å². The number of halogens is 1. The van der Waals surface area contributed by atoms with Gasteiger partial charge in [-0.2, -0.15) is 0 Å². The lowest BCUT2D eigenvalue weighted by atomic mass is 10.2. The smallest absolute Gasteiger partial charge is 0.346 e. The summed E-state index contributed by atoms with van der Waals surface area (Å²) in [5.41, 5.74) is 5.72. The molecule has 0 saturated heterocycles. The van der Waals surface area contributed by atoms with Gasteiger partial charge in [0.2, 0.25) is 0 Å². The molecule has 0 saturated carbocycles. The fraction of sp³-hybridized carbons (Fsp3) is 0.364. The number of carbonyl (C=O) groups excluding carboxylic acids is 1. The maximum atomic E-state index is 13.3. The van der Waals surface area contributed by atoms with E-state index in [0.29, 0.717) is 5.56 Å². The van der Waals surface area contributed by atoms with E-state index in [1.807, 2.05) is 0 Å². The predicted octanol–water partition coefficient (Wildman–Crippen LogP) is 1.22. The van der Waals surface area contributed by atoms with Crippen LogP contribution < -0.4 is 10.5 Å². The third-order valence-electron chi connectivity index (χ3n) is 2.09. The Morgan fingerprint density at radius 3 is 2.75 bits per heavy atom. The number of nitrogens with two attached hydrogens (primary N) is 1. The molecule has 0 aliphatic rings. The van der Waals surface area contributed by atoms with Crippen molar-refractivity contribution in [2.75, 3.05) is 7.11 Å². The van der Waals surface area contributed by atoms with Crippen LogP contribution in [0.25, 0.3) is 0 Å². The van der Waals surface area contributed by atoms with E-state index >= 15 is 0 Å². The Hall–Kier alpha value is -1.62. The molecule has 0 spiro atoms. The monoisotopic (exact) mass is 227 g/mol. The largest absolute Gasteiger partial charge is 0.479 e. The molecule has 1 rings (SSSR count). The lowest BCUT2D eigenvalue weighted by molar-refractivity contribution is -0.147. The van der Waals surface area contributed by atoms with Crippen LogP contribution in [0.15, 0.2) is 18.2 Å². The average molecular weight is 227 g/mol. The average Bonchev–Trinajstić information content (AvgIpc) is 2.28. The van der Waals surface area contributed by atoms with Crippen molar-refractivity contribution in [3.05, 3.63) is 29.6 Å². The van der Waals surface area contributed by atoms with Crippen LogP contribution in [0, 0.1) is 5.82 Å². The summed E-state index contributed by atoms with van der Waals surface area (Å²) in [7, 11) is 1.26. The molecule has 1 aromatic carbocycles. The molecule has 4 nitrogen and oxygen atoms in total. The van der Waals surface area contributed by atoms with Gasteiger partial charge in [-0.1, -0.05) is 6.07 Å². The summed E-state index contributed by atoms with van der Waals surface area (Å²) >= 11 is 0. The first-order valence-corrected chi connectivity index (χ1v) is 4.81. The lowest BCUT2D eigenvalue weighted by Crippen LogP contribution is -2.24. The SMILES string of the molecule is COC(=O)[C@@H](C)Oc1ccc(CN)c(F)c1. The Morgan fingerprint density at radius 2 is 2.25 bits per heavy atom. The van der Waals surface area contributed by atoms with Crippen molar-refractivity contribution in [1.82, 2.24) is 0 Å². The normalized spacial score (nSPS) is 12.0. The van der Waals surface area contributed by atoms with Crippen LogP contribution in [-0.2, 0) is 16.1 Å². The topological polar surface area (TPSA) is 61.5 Å². The van der Waals surface area contributed by atoms with E-state index in [-0.39, 0.29) is 12.3 Å². The number of hydrogen-bond acceptors (Lipinski definition) is 4. The summed E-state index contributed by atoms with van der Waals surface area (Å²) in [5, 5.41) is 0. The summed E-state index contributed by atoms with van der Waals surface area (Å²) in [5.74, 6) is -0.687. The first-order valence-electron chi connectivity index (χ1n) is 4.81. The summed E-state index contributed by atoms with van der Waals surface area (Å²) in [6.45, 7) is 1.65. The fourth-order valence-corrected chi connectivity index (χ4v) is 1.19. The van der Waals surface area contributed by atoms with Gasteiger partial charge in [-0.3, -0.25) is 0 Å². The molecule has 0 aromatic heterocycles. The van der Waals surface area contributed by atoms with Gasteiger partial charge in [-0.15, -0.1) is 0 Å². The van der Waals surface area contributed by atoms with Crippen molar-refractivity contribution in [2.45, 2.75) is 19.6 Å². The number of esters is 1. The first-order chi connectivity index (χ1) is 7.58. The summed E-state index contributed by atoms with van der Waals surface area (Å²) in [6.07, 6.45) is -0.770. The first kappa shape index (κ1) is 12.4. The van der Waals surface area contributed by atoms with Crippen molar-refractivity contribution in [2.24, 2.45) is 5.73 Å². The molecule has 5 heteroatoms. The van der Waals surface area contributed by atoms with Crippen LogP contribution in [-0.4, -0.2) is 19.2 Å². The molecular weight excluding hydrogens is 213 g/mol. The van der Waals surface area contributed by atoms with Gasteiger partial charge in [0, 0.05) is 18.2 Å². The second kappa shape index (κ2) is 5.46. The highest BCUT2D eigenvalue weighted by molar-refractivity contribution is 5.74. The quantitative estimate of drug-likeness (QED) is 0.786. The fourth-order valence-electron chi connectivity index (χ4n) is 1.19. The molecule has 0 aliphatic heterocycles. The number of methoxy groups -OCH3 is 1. The highest BCUT2D eigenvalue weighted by Crippen LogP contribution is 2.17. The van der Waals surface area contributed by atoms with E-state index in [9.17, 15) is 9.18 Å². The summed E-state index contributed by atoms with van der Waals surface area (Å²) in [6, 6.07) is 4.28. The molecular formula is C11H14FNO3. The zero-order chi connectivity index (χ0) is 12.1. The zero-order valence-corrected chi connectivity index (χ0v) is 9.20. The molecule has 2 N–H and O–H groups in total. The lowest BCUT2D eigenvalue weighted by Gasteiger charge is -2.12. The summed E-state index contributed by atoms with van der Waals surface area (Å²) in [4.78, 5) is 11.1. The molecule has 0 fully saturated rings. The van der Waals surface area contributed by atoms with E-state index in [0.717, 1.165) is 0 Å². The number of hydrogen-bond donors (Lipinski definition) is 1. The predicted molar refractivity (Wildman–Crippen MR) is 56.4 cm³/mol. The van der Waals surface area contributed by atoms with Crippen LogP contribution in [0.2, 0.25) is 0 Å². The van der Waals surface area contributed by atoms with Crippen LogP contribution >= 0.6 is 0 Å². The number of benzene rings is 1. The standard InChI is InChI=1S/C11H14FNO3/c1-7(11(14)15-2)16-9-4-3-8(6-13)10(12)5-9/h3-5,7H,6,13H2,1-2H3/t7-/m1/s1. The molecule has 0 aliphatic carbocycles. The van der Waals surface area contributed by atoms with Gasteiger partial charge < -0.3 is 15.2 Å². The van der Waals surface area contributed by atoms with Gasteiger partial charge in [0.15, 0.2) is 6.10 Å². The van der Waals surface area contributed by atoms with E-state index < -0.39 is 17.9 Å². The van der Waals surface area contributed by atoms with Crippen molar-refractivity contribution in [3.8, 4) is 5.75 Å². The summed E-state index contributed by atoms with van der Waals surface area (Å²) < 4.78 is 23.0. The Kier molecular flexibility index (Phi) is 4.25. The molecule has 0 radical (unpaired) electrons. The second-order valence-electron chi connectivity index (χ2n) is 3.24. The molecule has 0 bridgehead atoms. The maximum Gasteiger partial charge on any atom is 0.346 e. The highest BCUT2D eigenvalue weighted by atomic mass is 19.1. The third kappa shape index (κ3) is 2.93. The number of rotatable bonds is 4. The van der Waals surface area contributed by atoms with Crippen molar-refractivity contribution in [3.63, 3.8) is 0 Å². The van der Waals surface area contributed by atoms with Gasteiger partial charge in [-0.25, -0.2) is 9.18 Å². The minimum Gasteiger partial charge on any atom is -0.479 e. The van der Waals surface area contributed by atoms with Crippen LogP contribution in [0.1, 0.15) is 12.5 Å². The molecule has 0 amide bonds. The molecule has 0 heterocycles. The molecule has 88 valence electrons. The van der Waals surface area contributed by atoms with E-state index in [1.54, 1.807) is 6.07 Å². The van der Waals surface area contributed by atoms with Gasteiger partial charge in [0.1, 0.15) is 11.6 Å². The minimum atomic E-state index is -0.770. The van der Waals surface area contributed by atoms with E-state index in [2.05, 4.69) is 4.74 Å². The highest BCUT2D eigenvalue weighted by Gasteiger charge is 2.15. The maximum absolute atomic E-state index is 13.3. The second-order valence-corrected chi connectivity index (χ2v) is 3.24. The Morgan fingerprint density at radius 1 is 1.56 bits per heavy atom.